The van der Waals surface area contributed by atoms with Crippen LogP contribution in [0.4, 0.5) is 4.79 Å². The van der Waals surface area contributed by atoms with Gasteiger partial charge < -0.3 is 24.3 Å². The number of hydrogen-bond acceptors (Lipinski definition) is 6. The summed E-state index contributed by atoms with van der Waals surface area (Å²) in [6.07, 6.45) is 0.537. The van der Waals surface area contributed by atoms with E-state index in [4.69, 9.17) is 14.2 Å². The van der Waals surface area contributed by atoms with E-state index in [1.165, 1.54) is 7.11 Å². The third-order valence-electron chi connectivity index (χ3n) is 2.18. The molecule has 0 radical (unpaired) electrons. The molecular formula is C14H27NO6. The molecule has 0 rings (SSSR count). The van der Waals surface area contributed by atoms with Gasteiger partial charge in [0.25, 0.3) is 0 Å². The lowest BCUT2D eigenvalue weighted by Gasteiger charge is -2.19. The summed E-state index contributed by atoms with van der Waals surface area (Å²) in [5, 5.41) is 2.59. The van der Waals surface area contributed by atoms with Crippen molar-refractivity contribution in [2.45, 2.75) is 39.2 Å². The van der Waals surface area contributed by atoms with Gasteiger partial charge in [-0.2, -0.15) is 0 Å². The van der Waals surface area contributed by atoms with E-state index >= 15 is 0 Å². The number of hydrogen-bond donors (Lipinski definition) is 1. The summed E-state index contributed by atoms with van der Waals surface area (Å²) in [6, 6.07) is 0. The highest BCUT2D eigenvalue weighted by molar-refractivity contribution is 5.69. The summed E-state index contributed by atoms with van der Waals surface area (Å²) < 4.78 is 20.1. The van der Waals surface area contributed by atoms with Gasteiger partial charge in [-0.05, 0) is 27.2 Å². The number of rotatable bonds is 10. The average molecular weight is 305 g/mol. The molecule has 0 bridgehead atoms. The molecule has 0 aromatic rings. The average Bonchev–Trinajstić information content (AvgIpc) is 2.38. The van der Waals surface area contributed by atoms with Crippen molar-refractivity contribution in [3.63, 3.8) is 0 Å². The lowest BCUT2D eigenvalue weighted by atomic mass is 10.2. The van der Waals surface area contributed by atoms with Gasteiger partial charge in [-0.25, -0.2) is 4.79 Å². The molecule has 0 aliphatic heterocycles. The number of carbonyl (C=O) groups excluding carboxylic acids is 2. The fourth-order valence-corrected chi connectivity index (χ4v) is 1.28. The zero-order valence-electron chi connectivity index (χ0n) is 13.4. The van der Waals surface area contributed by atoms with Crippen LogP contribution < -0.4 is 5.32 Å². The van der Waals surface area contributed by atoms with Crippen LogP contribution in [0.5, 0.6) is 0 Å². The smallest absolute Gasteiger partial charge is 0.407 e. The van der Waals surface area contributed by atoms with Gasteiger partial charge in [0.05, 0.1) is 26.9 Å². The van der Waals surface area contributed by atoms with E-state index in [9.17, 15) is 9.59 Å². The van der Waals surface area contributed by atoms with Crippen molar-refractivity contribution in [1.29, 1.82) is 0 Å². The lowest BCUT2D eigenvalue weighted by Crippen LogP contribution is -2.34. The number of nitrogens with one attached hydrogen (secondary N) is 1. The second kappa shape index (κ2) is 11.3. The minimum absolute atomic E-state index is 0.233. The van der Waals surface area contributed by atoms with Crippen LogP contribution in [-0.4, -0.2) is 57.7 Å². The van der Waals surface area contributed by atoms with Crippen molar-refractivity contribution in [3.8, 4) is 0 Å². The van der Waals surface area contributed by atoms with Crippen molar-refractivity contribution < 1.29 is 28.5 Å². The summed E-state index contributed by atoms with van der Waals surface area (Å²) in [4.78, 5) is 22.1. The largest absolute Gasteiger partial charge is 0.469 e. The van der Waals surface area contributed by atoms with Gasteiger partial charge in [0.2, 0.25) is 0 Å². The van der Waals surface area contributed by atoms with Crippen molar-refractivity contribution in [3.05, 3.63) is 0 Å². The molecule has 1 N–H and O–H groups in total. The fraction of sp³-hybridized carbons (Fsp3) is 0.857. The molecule has 1 amide bonds. The molecule has 0 aromatic carbocycles. The molecule has 0 aliphatic rings. The topological polar surface area (TPSA) is 83.1 Å². The highest BCUT2D eigenvalue weighted by atomic mass is 16.6. The molecule has 0 saturated heterocycles. The van der Waals surface area contributed by atoms with E-state index in [0.717, 1.165) is 0 Å². The van der Waals surface area contributed by atoms with E-state index in [2.05, 4.69) is 10.1 Å². The van der Waals surface area contributed by atoms with Crippen molar-refractivity contribution in [2.24, 2.45) is 0 Å². The summed E-state index contributed by atoms with van der Waals surface area (Å²) in [5.74, 6) is -0.233. The van der Waals surface area contributed by atoms with Crippen molar-refractivity contribution in [2.75, 3.05) is 40.1 Å². The molecule has 7 heteroatoms. The van der Waals surface area contributed by atoms with Gasteiger partial charge in [-0.15, -0.1) is 0 Å². The highest BCUT2D eigenvalue weighted by Crippen LogP contribution is 2.05. The Morgan fingerprint density at radius 2 is 1.62 bits per heavy atom. The van der Waals surface area contributed by atoms with Gasteiger partial charge in [0.1, 0.15) is 5.60 Å². The van der Waals surface area contributed by atoms with Crippen LogP contribution in [0.25, 0.3) is 0 Å². The molecule has 0 spiro atoms. The summed E-state index contributed by atoms with van der Waals surface area (Å²) in [7, 11) is 1.36. The first-order valence-electron chi connectivity index (χ1n) is 7.04. The van der Waals surface area contributed by atoms with E-state index in [1.807, 2.05) is 0 Å². The predicted molar refractivity (Wildman–Crippen MR) is 77.1 cm³/mol. The molecule has 7 nitrogen and oxygen atoms in total. The zero-order chi connectivity index (χ0) is 16.1. The molecule has 0 fully saturated rings. The third kappa shape index (κ3) is 14.9. The maximum absolute atomic E-state index is 11.3. The Morgan fingerprint density at radius 1 is 1.00 bits per heavy atom. The van der Waals surface area contributed by atoms with Crippen LogP contribution >= 0.6 is 0 Å². The fourth-order valence-electron chi connectivity index (χ4n) is 1.28. The van der Waals surface area contributed by atoms with E-state index in [0.29, 0.717) is 45.8 Å². The second-order valence-corrected chi connectivity index (χ2v) is 5.33. The molecule has 0 aliphatic carbocycles. The standard InChI is InChI=1S/C14H27NO6/c1-14(2,3)21-13(17)15-7-9-20-11-10-19-8-5-6-12(16)18-4/h5-11H2,1-4H3,(H,15,17). The summed E-state index contributed by atoms with van der Waals surface area (Å²) in [5.41, 5.74) is -0.497. The van der Waals surface area contributed by atoms with Crippen molar-refractivity contribution in [1.82, 2.24) is 5.32 Å². The van der Waals surface area contributed by atoms with Gasteiger partial charge in [-0.3, -0.25) is 4.79 Å². The Kier molecular flexibility index (Phi) is 10.6. The SMILES string of the molecule is COC(=O)CCCOCCOCCNC(=O)OC(C)(C)C. The lowest BCUT2D eigenvalue weighted by molar-refractivity contribution is -0.141. The third-order valence-corrected chi connectivity index (χ3v) is 2.18. The van der Waals surface area contributed by atoms with Gasteiger partial charge in [0.15, 0.2) is 0 Å². The van der Waals surface area contributed by atoms with Crippen LogP contribution in [-0.2, 0) is 23.7 Å². The molecule has 0 saturated carbocycles. The highest BCUT2D eigenvalue weighted by Gasteiger charge is 2.15. The maximum Gasteiger partial charge on any atom is 0.407 e. The van der Waals surface area contributed by atoms with Gasteiger partial charge in [0, 0.05) is 19.6 Å². The molecule has 0 aromatic heterocycles. The number of alkyl carbamates (subject to hydrolysis) is 1. The Hall–Kier alpha value is -1.34. The first-order valence-corrected chi connectivity index (χ1v) is 7.04. The Bertz CT molecular complexity index is 300. The van der Waals surface area contributed by atoms with Crippen molar-refractivity contribution >= 4 is 12.1 Å². The van der Waals surface area contributed by atoms with E-state index in [1.54, 1.807) is 20.8 Å². The molecule has 0 unspecified atom stereocenters. The van der Waals surface area contributed by atoms with Crippen LogP contribution in [0.1, 0.15) is 33.6 Å². The normalized spacial score (nSPS) is 11.0. The van der Waals surface area contributed by atoms with E-state index < -0.39 is 11.7 Å². The molecule has 0 heterocycles. The van der Waals surface area contributed by atoms with Crippen LogP contribution in [0.15, 0.2) is 0 Å². The second-order valence-electron chi connectivity index (χ2n) is 5.33. The van der Waals surface area contributed by atoms with Crippen LogP contribution in [0.2, 0.25) is 0 Å². The first kappa shape index (κ1) is 19.7. The number of esters is 1. The summed E-state index contributed by atoms with van der Waals surface area (Å²) in [6.45, 7) is 7.58. The summed E-state index contributed by atoms with van der Waals surface area (Å²) >= 11 is 0. The van der Waals surface area contributed by atoms with Gasteiger partial charge in [-0.1, -0.05) is 0 Å². The minimum Gasteiger partial charge on any atom is -0.469 e. The van der Waals surface area contributed by atoms with Gasteiger partial charge >= 0.3 is 12.1 Å². The number of carbonyl (C=O) groups is 2. The minimum atomic E-state index is -0.497. The quantitative estimate of drug-likeness (QED) is 0.486. The molecular weight excluding hydrogens is 278 g/mol. The van der Waals surface area contributed by atoms with E-state index in [-0.39, 0.29) is 5.97 Å². The Balaban J connectivity index is 3.26. The Morgan fingerprint density at radius 3 is 2.19 bits per heavy atom. The molecule has 124 valence electrons. The monoisotopic (exact) mass is 305 g/mol. The Labute approximate surface area is 126 Å². The van der Waals surface area contributed by atoms with Crippen LogP contribution in [0, 0.1) is 0 Å². The number of ether oxygens (including phenoxy) is 4. The number of methoxy groups -OCH3 is 1. The van der Waals surface area contributed by atoms with Crippen LogP contribution in [0.3, 0.4) is 0 Å². The number of amides is 1. The molecule has 0 atom stereocenters. The zero-order valence-corrected chi connectivity index (χ0v) is 13.4. The first-order chi connectivity index (χ1) is 9.85. The molecule has 21 heavy (non-hydrogen) atoms. The predicted octanol–water partition coefficient (Wildman–Crippen LogP) is 1.50. The maximum atomic E-state index is 11.3.